The summed E-state index contributed by atoms with van der Waals surface area (Å²) < 4.78 is 0. The molecule has 0 aliphatic carbocycles. The van der Waals surface area contributed by atoms with Gasteiger partial charge < -0.3 is 107 Å². The van der Waals surface area contributed by atoms with E-state index in [1.807, 2.05) is 0 Å². The van der Waals surface area contributed by atoms with Gasteiger partial charge in [0, 0.05) is 13.1 Å². The van der Waals surface area contributed by atoms with Crippen LogP contribution in [0.15, 0.2) is 9.98 Å². The van der Waals surface area contributed by atoms with Crippen LogP contribution in [0.3, 0.4) is 0 Å². The quantitative estimate of drug-likeness (QED) is 0.0154. The van der Waals surface area contributed by atoms with Gasteiger partial charge in [0.2, 0.25) is 59.1 Å². The molecule has 84 heavy (non-hydrogen) atoms. The summed E-state index contributed by atoms with van der Waals surface area (Å²) in [6, 6.07) is -15.6. The molecule has 0 aromatic heterocycles. The molecule has 0 aliphatic heterocycles. The van der Waals surface area contributed by atoms with Crippen LogP contribution in [-0.4, -0.2) is 207 Å². The molecule has 34 nitrogen and oxygen atoms in total. The zero-order valence-electron chi connectivity index (χ0n) is 49.2. The number of aliphatic hydroxyl groups excluding tert-OH is 3. The topological polar surface area (TPSA) is 581 Å². The minimum atomic E-state index is -2.04. The molecule has 0 bridgehead atoms. The standard InChI is InChI=1S/C50H91N17O17/c1-21(2)17-30(61-39(74)24(7)51)44(79)66-38(27(10)70)47(82)67-37(26(9)69)46(81)63-32(19-34(72)73)42(77)60-28(13-11-15-56-49(52)53)40(75)58-20-33(71)59-29(14-12-16-57-50(54)55)41(76)65-36(25(8)68)45(80)62-31(18-22(3)4)43(78)64-35(23(5)6)48(83)84/h21-32,35-38,68-70H,11-20,51H2,1-10H3,(H,58,75)(H,59,71)(H,60,77)(H,61,74)(H,62,80)(H,63,81)(H,64,78)(H,65,76)(H,66,79)(H,67,82)(H,72,73)(H,83,84)(H4,52,53,56)(H4,54,55,57)/t24-,25+,26+,27+,28-,29-,30-,31-,32-,35-,36-,37-,38-/m0/s1. The fourth-order valence-corrected chi connectivity index (χ4v) is 7.70. The second-order valence-electron chi connectivity index (χ2n) is 21.4. The normalized spacial score (nSPS) is 15.8. The van der Waals surface area contributed by atoms with Crippen molar-refractivity contribution in [3.05, 3.63) is 0 Å². The average Bonchev–Trinajstić information content (AvgIpc) is 3.59. The van der Waals surface area contributed by atoms with Gasteiger partial charge in [0.05, 0.1) is 37.3 Å². The van der Waals surface area contributed by atoms with E-state index < -0.39 is 169 Å². The van der Waals surface area contributed by atoms with Crippen LogP contribution in [0.4, 0.5) is 0 Å². The lowest BCUT2D eigenvalue weighted by Crippen LogP contribution is -2.63. The van der Waals surface area contributed by atoms with Crippen molar-refractivity contribution in [2.45, 2.75) is 193 Å². The number of carboxylic acid groups (broad SMARTS) is 2. The lowest BCUT2D eigenvalue weighted by atomic mass is 9.99. The van der Waals surface area contributed by atoms with Gasteiger partial charge in [0.25, 0.3) is 0 Å². The highest BCUT2D eigenvalue weighted by Gasteiger charge is 2.38. The summed E-state index contributed by atoms with van der Waals surface area (Å²) in [5.74, 6) is -15.1. The van der Waals surface area contributed by atoms with E-state index >= 15 is 0 Å². The molecular formula is C50H91N17O17. The Labute approximate surface area is 487 Å². The molecule has 0 rings (SSSR count). The average molecular weight is 1200 g/mol. The van der Waals surface area contributed by atoms with Crippen molar-refractivity contribution in [3.63, 3.8) is 0 Å². The van der Waals surface area contributed by atoms with Crippen molar-refractivity contribution in [2.24, 2.45) is 56.4 Å². The summed E-state index contributed by atoms with van der Waals surface area (Å²) >= 11 is 0. The minimum absolute atomic E-state index is 0.0154. The molecule has 34 heteroatoms. The maximum Gasteiger partial charge on any atom is 0.326 e. The van der Waals surface area contributed by atoms with Crippen LogP contribution in [0, 0.1) is 17.8 Å². The fourth-order valence-electron chi connectivity index (χ4n) is 7.70. The molecule has 10 amide bonds. The SMILES string of the molecule is CC(C)C[C@H](NC(=O)[C@H](C)N)C(=O)N[C@H](C(=O)N[C@H](C(=O)N[C@@H](CC(=O)O)C(=O)N[C@@H](CCCN=C(N)N)C(=O)NCC(=O)N[C@@H](CCCN=C(N)N)C(=O)N[C@H](C(=O)N[C@@H](CC(C)C)C(=O)N[C@H](C(=O)O)C(C)C)[C@@H](C)O)[C@@H](C)O)[C@@H](C)O. The number of aliphatic carboxylic acids is 2. The van der Waals surface area contributed by atoms with E-state index in [0.29, 0.717) is 0 Å². The highest BCUT2D eigenvalue weighted by atomic mass is 16.4. The molecule has 0 unspecified atom stereocenters. The predicted octanol–water partition coefficient (Wildman–Crippen LogP) is -7.63. The molecule has 478 valence electrons. The first-order valence-corrected chi connectivity index (χ1v) is 27.2. The van der Waals surface area contributed by atoms with Crippen molar-refractivity contribution in [2.75, 3.05) is 19.6 Å². The van der Waals surface area contributed by atoms with Gasteiger partial charge in [0.15, 0.2) is 11.9 Å². The summed E-state index contributed by atoms with van der Waals surface area (Å²) in [5, 5.41) is 74.5. The van der Waals surface area contributed by atoms with Gasteiger partial charge in [-0.1, -0.05) is 41.5 Å². The summed E-state index contributed by atoms with van der Waals surface area (Å²) in [7, 11) is 0. The maximum absolute atomic E-state index is 13.9. The van der Waals surface area contributed by atoms with Crippen LogP contribution in [0.5, 0.6) is 0 Å². The molecule has 0 spiro atoms. The zero-order valence-corrected chi connectivity index (χ0v) is 49.2. The second-order valence-corrected chi connectivity index (χ2v) is 21.4. The van der Waals surface area contributed by atoms with E-state index in [-0.39, 0.29) is 75.4 Å². The first-order valence-electron chi connectivity index (χ1n) is 27.2. The minimum Gasteiger partial charge on any atom is -0.481 e. The maximum atomic E-state index is 13.9. The van der Waals surface area contributed by atoms with Gasteiger partial charge in [-0.15, -0.1) is 0 Å². The van der Waals surface area contributed by atoms with Gasteiger partial charge in [-0.05, 0) is 84.0 Å². The molecule has 0 radical (unpaired) electrons. The summed E-state index contributed by atoms with van der Waals surface area (Å²) in [6.07, 6.45) is -6.63. The van der Waals surface area contributed by atoms with E-state index in [1.165, 1.54) is 6.92 Å². The molecule has 25 N–H and O–H groups in total. The Hall–Kier alpha value is -7.98. The number of hydrogen-bond acceptors (Lipinski definition) is 18. The Morgan fingerprint density at radius 3 is 1.11 bits per heavy atom. The number of carbonyl (C=O) groups excluding carboxylic acids is 10. The fraction of sp³-hybridized carbons (Fsp3) is 0.720. The van der Waals surface area contributed by atoms with Crippen molar-refractivity contribution < 1.29 is 83.1 Å². The third kappa shape index (κ3) is 29.8. The number of hydrogen-bond donors (Lipinski definition) is 20. The molecule has 13 atom stereocenters. The number of guanidine groups is 2. The van der Waals surface area contributed by atoms with Crippen molar-refractivity contribution in [1.29, 1.82) is 0 Å². The monoisotopic (exact) mass is 1200 g/mol. The van der Waals surface area contributed by atoms with Crippen molar-refractivity contribution in [1.82, 2.24) is 53.2 Å². The van der Waals surface area contributed by atoms with Crippen LogP contribution >= 0.6 is 0 Å². The Kier molecular flexibility index (Phi) is 34.4. The second kappa shape index (κ2) is 38.0. The molecule has 0 aromatic carbocycles. The predicted molar refractivity (Wildman–Crippen MR) is 303 cm³/mol. The summed E-state index contributed by atoms with van der Waals surface area (Å²) in [4.78, 5) is 167. The van der Waals surface area contributed by atoms with Gasteiger partial charge in [-0.25, -0.2) is 4.79 Å². The molecule has 0 saturated heterocycles. The number of carbonyl (C=O) groups is 12. The number of amides is 10. The first-order chi connectivity index (χ1) is 38.9. The van der Waals surface area contributed by atoms with Crippen molar-refractivity contribution >= 4 is 82.9 Å². The van der Waals surface area contributed by atoms with Gasteiger partial charge >= 0.3 is 11.9 Å². The Morgan fingerprint density at radius 1 is 0.417 bits per heavy atom. The highest BCUT2D eigenvalue weighted by Crippen LogP contribution is 2.12. The summed E-state index contributed by atoms with van der Waals surface area (Å²) in [6.45, 7) is 13.7. The molecule has 0 aromatic rings. The summed E-state index contributed by atoms with van der Waals surface area (Å²) in [5.41, 5.74) is 27.4. The number of nitrogens with zero attached hydrogens (tertiary/aromatic N) is 2. The molecule has 0 heterocycles. The van der Waals surface area contributed by atoms with Gasteiger partial charge in [-0.3, -0.25) is 62.7 Å². The molecule has 0 saturated carbocycles. The van der Waals surface area contributed by atoms with E-state index in [0.717, 1.165) is 20.8 Å². The lowest BCUT2D eigenvalue weighted by Gasteiger charge is -2.29. The largest absolute Gasteiger partial charge is 0.481 e. The van der Waals surface area contributed by atoms with E-state index in [4.69, 9.17) is 28.7 Å². The van der Waals surface area contributed by atoms with Crippen LogP contribution in [-0.2, 0) is 57.5 Å². The van der Waals surface area contributed by atoms with E-state index in [2.05, 4.69) is 63.2 Å². The molecular weight excluding hydrogens is 1110 g/mol. The van der Waals surface area contributed by atoms with Crippen LogP contribution < -0.4 is 81.8 Å². The Morgan fingerprint density at radius 2 is 0.750 bits per heavy atom. The highest BCUT2D eigenvalue weighted by molar-refractivity contribution is 5.99. The molecule has 0 aliphatic rings. The number of nitrogens with one attached hydrogen (secondary N) is 10. The zero-order chi connectivity index (χ0) is 64.9. The van der Waals surface area contributed by atoms with Crippen LogP contribution in [0.25, 0.3) is 0 Å². The Bertz CT molecular complexity index is 2310. The number of aliphatic hydroxyl groups is 3. The number of rotatable bonds is 39. The molecule has 0 fully saturated rings. The number of carboxylic acids is 2. The van der Waals surface area contributed by atoms with Crippen LogP contribution in [0.2, 0.25) is 0 Å². The third-order valence-electron chi connectivity index (χ3n) is 12.1. The van der Waals surface area contributed by atoms with Crippen molar-refractivity contribution in [3.8, 4) is 0 Å². The third-order valence-corrected chi connectivity index (χ3v) is 12.1. The van der Waals surface area contributed by atoms with E-state index in [1.54, 1.807) is 41.5 Å². The number of aliphatic imine (C=N–C) groups is 2. The lowest BCUT2D eigenvalue weighted by molar-refractivity contribution is -0.144. The van der Waals surface area contributed by atoms with Gasteiger partial charge in [-0.2, -0.15) is 0 Å². The smallest absolute Gasteiger partial charge is 0.326 e. The van der Waals surface area contributed by atoms with Gasteiger partial charge in [0.1, 0.15) is 54.4 Å². The van der Waals surface area contributed by atoms with E-state index in [9.17, 15) is 83.1 Å². The Balaban J connectivity index is 6.70. The number of nitrogens with two attached hydrogens (primary N) is 5. The first kappa shape index (κ1) is 76.0. The van der Waals surface area contributed by atoms with Crippen LogP contribution in [0.1, 0.15) is 114 Å².